The first kappa shape index (κ1) is 17.4. The highest BCUT2D eigenvalue weighted by atomic mass is 35.5. The van der Waals surface area contributed by atoms with Crippen LogP contribution in [0.3, 0.4) is 0 Å². The number of nitro groups is 1. The number of aromatic nitrogens is 2. The molecule has 2 aromatic carbocycles. The maximum absolute atomic E-state index is 11.3. The number of anilines is 4. The molecule has 9 heteroatoms. The summed E-state index contributed by atoms with van der Waals surface area (Å²) in [5, 5.41) is 17.8. The highest BCUT2D eigenvalue weighted by Crippen LogP contribution is 2.30. The van der Waals surface area contributed by atoms with Crippen LogP contribution in [0.4, 0.5) is 29.0 Å². The van der Waals surface area contributed by atoms with Gasteiger partial charge in [0.25, 0.3) is 0 Å². The standard InChI is InChI=1S/C17H15ClN6O2/c18-12-7-4-8-13(9-12)21-17-22-15(19)14(24(25)26)16(23-17)20-10-11-5-2-1-3-6-11/h1-9H,10H2,(H4,19,20,21,22,23). The third-order valence-corrected chi connectivity index (χ3v) is 3.71. The van der Waals surface area contributed by atoms with Crippen LogP contribution in [0.15, 0.2) is 54.6 Å². The van der Waals surface area contributed by atoms with E-state index in [9.17, 15) is 10.1 Å². The van der Waals surface area contributed by atoms with Gasteiger partial charge in [0.15, 0.2) is 0 Å². The van der Waals surface area contributed by atoms with E-state index in [1.54, 1.807) is 24.3 Å². The van der Waals surface area contributed by atoms with Crippen molar-refractivity contribution in [2.75, 3.05) is 16.4 Å². The SMILES string of the molecule is Nc1nc(Nc2cccc(Cl)c2)nc(NCc2ccccc2)c1[N+](=O)[O-]. The van der Waals surface area contributed by atoms with Gasteiger partial charge >= 0.3 is 5.69 Å². The minimum Gasteiger partial charge on any atom is -0.378 e. The molecule has 0 spiro atoms. The number of halogens is 1. The molecule has 0 amide bonds. The average Bonchev–Trinajstić information content (AvgIpc) is 2.60. The van der Waals surface area contributed by atoms with E-state index in [0.29, 0.717) is 17.3 Å². The third-order valence-electron chi connectivity index (χ3n) is 3.48. The molecule has 8 nitrogen and oxygen atoms in total. The molecule has 0 bridgehead atoms. The molecule has 0 radical (unpaired) electrons. The lowest BCUT2D eigenvalue weighted by Crippen LogP contribution is -2.10. The Morgan fingerprint density at radius 1 is 1.12 bits per heavy atom. The number of benzene rings is 2. The molecule has 0 aliphatic carbocycles. The number of hydrogen-bond acceptors (Lipinski definition) is 7. The molecule has 3 rings (SSSR count). The van der Waals surface area contributed by atoms with Crippen LogP contribution < -0.4 is 16.4 Å². The lowest BCUT2D eigenvalue weighted by atomic mass is 10.2. The molecule has 0 fully saturated rings. The maximum Gasteiger partial charge on any atom is 0.353 e. The van der Waals surface area contributed by atoms with Gasteiger partial charge in [0.1, 0.15) is 0 Å². The Balaban J connectivity index is 1.90. The molecule has 1 heterocycles. The molecule has 3 aromatic rings. The van der Waals surface area contributed by atoms with E-state index in [0.717, 1.165) is 5.56 Å². The van der Waals surface area contributed by atoms with Crippen molar-refractivity contribution >= 4 is 40.6 Å². The summed E-state index contributed by atoms with van der Waals surface area (Å²) in [6.45, 7) is 0.356. The van der Waals surface area contributed by atoms with Crippen molar-refractivity contribution in [1.82, 2.24) is 9.97 Å². The fraction of sp³-hybridized carbons (Fsp3) is 0.0588. The van der Waals surface area contributed by atoms with Crippen LogP contribution in [0, 0.1) is 10.1 Å². The number of nitrogen functional groups attached to an aromatic ring is 1. The Labute approximate surface area is 154 Å². The first-order valence-corrected chi connectivity index (χ1v) is 8.03. The van der Waals surface area contributed by atoms with E-state index in [1.165, 1.54) is 0 Å². The summed E-state index contributed by atoms with van der Waals surface area (Å²) < 4.78 is 0. The van der Waals surface area contributed by atoms with Gasteiger partial charge in [-0.1, -0.05) is 48.0 Å². The van der Waals surface area contributed by atoms with Crippen LogP contribution in [-0.2, 0) is 6.54 Å². The summed E-state index contributed by atoms with van der Waals surface area (Å²) >= 11 is 5.95. The van der Waals surface area contributed by atoms with Crippen molar-refractivity contribution in [3.05, 3.63) is 75.3 Å². The van der Waals surface area contributed by atoms with Crippen molar-refractivity contribution in [1.29, 1.82) is 0 Å². The Kier molecular flexibility index (Phi) is 5.14. The van der Waals surface area contributed by atoms with Crippen LogP contribution >= 0.6 is 11.6 Å². The fourth-order valence-corrected chi connectivity index (χ4v) is 2.50. The van der Waals surface area contributed by atoms with Gasteiger partial charge in [-0.15, -0.1) is 0 Å². The molecular weight excluding hydrogens is 356 g/mol. The van der Waals surface area contributed by atoms with Crippen LogP contribution in [0.2, 0.25) is 5.02 Å². The molecule has 0 aliphatic heterocycles. The van der Waals surface area contributed by atoms with Gasteiger partial charge in [0.2, 0.25) is 17.6 Å². The zero-order chi connectivity index (χ0) is 18.5. The van der Waals surface area contributed by atoms with Gasteiger partial charge in [-0.25, -0.2) is 0 Å². The maximum atomic E-state index is 11.3. The number of rotatable bonds is 6. The van der Waals surface area contributed by atoms with Gasteiger partial charge in [-0.3, -0.25) is 10.1 Å². The predicted molar refractivity (Wildman–Crippen MR) is 102 cm³/mol. The van der Waals surface area contributed by atoms with E-state index in [2.05, 4.69) is 20.6 Å². The van der Waals surface area contributed by atoms with Gasteiger partial charge in [0.05, 0.1) is 4.92 Å². The normalized spacial score (nSPS) is 10.3. The van der Waals surface area contributed by atoms with Crippen molar-refractivity contribution < 1.29 is 4.92 Å². The molecule has 26 heavy (non-hydrogen) atoms. The molecule has 0 saturated heterocycles. The van der Waals surface area contributed by atoms with E-state index >= 15 is 0 Å². The highest BCUT2D eigenvalue weighted by molar-refractivity contribution is 6.30. The second-order valence-electron chi connectivity index (χ2n) is 5.36. The van der Waals surface area contributed by atoms with Gasteiger partial charge in [0, 0.05) is 17.3 Å². The number of hydrogen-bond donors (Lipinski definition) is 3. The Bertz CT molecular complexity index is 936. The summed E-state index contributed by atoms with van der Waals surface area (Å²) in [4.78, 5) is 18.9. The van der Waals surface area contributed by atoms with E-state index < -0.39 is 4.92 Å². The Hall–Kier alpha value is -3.39. The summed E-state index contributed by atoms with van der Waals surface area (Å²) in [5.74, 6) is -0.0631. The fourth-order valence-electron chi connectivity index (χ4n) is 2.31. The van der Waals surface area contributed by atoms with Gasteiger partial charge in [-0.05, 0) is 23.8 Å². The summed E-state index contributed by atoms with van der Waals surface area (Å²) in [6, 6.07) is 16.4. The minimum atomic E-state index is -0.605. The first-order valence-electron chi connectivity index (χ1n) is 7.65. The molecule has 0 aliphatic rings. The molecule has 0 atom stereocenters. The minimum absolute atomic E-state index is 0.0379. The molecule has 1 aromatic heterocycles. The highest BCUT2D eigenvalue weighted by Gasteiger charge is 2.23. The zero-order valence-corrected chi connectivity index (χ0v) is 14.3. The smallest absolute Gasteiger partial charge is 0.353 e. The topological polar surface area (TPSA) is 119 Å². The Morgan fingerprint density at radius 2 is 1.88 bits per heavy atom. The monoisotopic (exact) mass is 370 g/mol. The number of nitrogens with zero attached hydrogens (tertiary/aromatic N) is 3. The average molecular weight is 371 g/mol. The summed E-state index contributed by atoms with van der Waals surface area (Å²) in [5.41, 5.74) is 7.00. The van der Waals surface area contributed by atoms with E-state index in [1.807, 2.05) is 30.3 Å². The summed E-state index contributed by atoms with van der Waals surface area (Å²) in [7, 11) is 0. The lowest BCUT2D eigenvalue weighted by Gasteiger charge is -2.11. The van der Waals surface area contributed by atoms with Crippen LogP contribution in [0.1, 0.15) is 5.56 Å². The molecule has 132 valence electrons. The van der Waals surface area contributed by atoms with Crippen LogP contribution in [0.5, 0.6) is 0 Å². The van der Waals surface area contributed by atoms with Crippen LogP contribution in [-0.4, -0.2) is 14.9 Å². The van der Waals surface area contributed by atoms with Crippen molar-refractivity contribution in [2.24, 2.45) is 0 Å². The molecule has 0 unspecified atom stereocenters. The van der Waals surface area contributed by atoms with Gasteiger partial charge < -0.3 is 16.4 Å². The molecule has 4 N–H and O–H groups in total. The second kappa shape index (κ2) is 7.66. The number of nitrogens with one attached hydrogen (secondary N) is 2. The largest absolute Gasteiger partial charge is 0.378 e. The van der Waals surface area contributed by atoms with Gasteiger partial charge in [-0.2, -0.15) is 9.97 Å². The molecular formula is C17H15ClN6O2. The Morgan fingerprint density at radius 3 is 2.58 bits per heavy atom. The van der Waals surface area contributed by atoms with E-state index in [4.69, 9.17) is 17.3 Å². The van der Waals surface area contributed by atoms with Crippen molar-refractivity contribution in [2.45, 2.75) is 6.54 Å². The quantitative estimate of drug-likeness (QED) is 0.443. The number of nitrogens with two attached hydrogens (primary N) is 1. The third kappa shape index (κ3) is 4.17. The summed E-state index contributed by atoms with van der Waals surface area (Å²) in [6.07, 6.45) is 0. The molecule has 0 saturated carbocycles. The van der Waals surface area contributed by atoms with Crippen molar-refractivity contribution in [3.8, 4) is 0 Å². The second-order valence-corrected chi connectivity index (χ2v) is 5.80. The lowest BCUT2D eigenvalue weighted by molar-refractivity contribution is -0.383. The van der Waals surface area contributed by atoms with Crippen molar-refractivity contribution in [3.63, 3.8) is 0 Å². The predicted octanol–water partition coefficient (Wildman–Crippen LogP) is 3.98. The zero-order valence-electron chi connectivity index (χ0n) is 13.5. The first-order chi connectivity index (χ1) is 12.5. The van der Waals surface area contributed by atoms with Crippen LogP contribution in [0.25, 0.3) is 0 Å². The van der Waals surface area contributed by atoms with E-state index in [-0.39, 0.29) is 23.3 Å².